The van der Waals surface area contributed by atoms with Gasteiger partial charge in [-0.3, -0.25) is 4.79 Å². The Kier molecular flexibility index (Phi) is 2.05. The van der Waals surface area contributed by atoms with Gasteiger partial charge in [-0.05, 0) is 19.9 Å². The van der Waals surface area contributed by atoms with Gasteiger partial charge in [0.05, 0.1) is 6.04 Å². The summed E-state index contributed by atoms with van der Waals surface area (Å²) in [4.78, 5) is 10.9. The van der Waals surface area contributed by atoms with Crippen LogP contribution in [0.1, 0.15) is 12.8 Å². The number of piperidine rings is 1. The lowest BCUT2D eigenvalue weighted by atomic mass is 10.1. The largest absolute Gasteiger partial charge is 0.355 e. The van der Waals surface area contributed by atoms with Crippen molar-refractivity contribution in [1.29, 1.82) is 0 Å². The summed E-state index contributed by atoms with van der Waals surface area (Å²) in [6.45, 7) is 0.844. The average Bonchev–Trinajstić information content (AvgIpc) is 1.89. The molecule has 1 heterocycles. The van der Waals surface area contributed by atoms with Crippen molar-refractivity contribution in [3.05, 3.63) is 0 Å². The third kappa shape index (κ3) is 1.42. The van der Waals surface area contributed by atoms with Gasteiger partial charge in [0, 0.05) is 6.54 Å². The Balaban J connectivity index is 2.39. The highest BCUT2D eigenvalue weighted by Crippen LogP contribution is 2.00. The first-order chi connectivity index (χ1) is 4.34. The maximum absolute atomic E-state index is 10.9. The first-order valence-electron chi connectivity index (χ1n) is 3.29. The van der Waals surface area contributed by atoms with Gasteiger partial charge in [0.1, 0.15) is 0 Å². The summed E-state index contributed by atoms with van der Waals surface area (Å²) >= 11 is 0. The van der Waals surface area contributed by atoms with Crippen LogP contribution in [0, 0.1) is 0 Å². The predicted octanol–water partition coefficient (Wildman–Crippen LogP) is -0.516. The van der Waals surface area contributed by atoms with Crippen molar-refractivity contribution in [3.8, 4) is 0 Å². The topological polar surface area (TPSA) is 41.1 Å². The van der Waals surface area contributed by atoms with Crippen LogP contribution in [0.25, 0.3) is 0 Å². The summed E-state index contributed by atoms with van der Waals surface area (Å²) in [6, 6.07) is 0.0544. The van der Waals surface area contributed by atoms with E-state index in [9.17, 15) is 4.79 Å². The summed E-state index contributed by atoms with van der Waals surface area (Å²) in [5.74, 6) is 0.142. The number of hydrogen-bond donors (Lipinski definition) is 2. The highest BCUT2D eigenvalue weighted by molar-refractivity contribution is 5.82. The highest BCUT2D eigenvalue weighted by Gasteiger charge is 2.18. The maximum Gasteiger partial charge on any atom is 0.237 e. The first kappa shape index (κ1) is 6.55. The van der Waals surface area contributed by atoms with Crippen molar-refractivity contribution in [3.63, 3.8) is 0 Å². The molecule has 0 aliphatic carbocycles. The molecular weight excluding hydrogens is 116 g/mol. The number of carbonyl (C=O) groups is 1. The molecule has 0 aromatic heterocycles. The van der Waals surface area contributed by atoms with Crippen LogP contribution < -0.4 is 10.6 Å². The van der Waals surface area contributed by atoms with Gasteiger partial charge in [0.25, 0.3) is 0 Å². The monoisotopic (exact) mass is 128 g/mol. The van der Waals surface area contributed by atoms with E-state index in [2.05, 4.69) is 10.6 Å². The normalized spacial score (nSPS) is 27.7. The maximum atomic E-state index is 10.9. The van der Waals surface area contributed by atoms with E-state index in [-0.39, 0.29) is 11.9 Å². The minimum Gasteiger partial charge on any atom is -0.355 e. The predicted molar refractivity (Wildman–Crippen MR) is 35.1 cm³/mol. The molecule has 0 saturated carbocycles. The van der Waals surface area contributed by atoms with Gasteiger partial charge in [0.2, 0.25) is 5.91 Å². The second-order valence-electron chi connectivity index (χ2n) is 2.27. The highest BCUT2D eigenvalue weighted by atomic mass is 16.2. The van der Waals surface area contributed by atoms with Gasteiger partial charge >= 0.3 is 0 Å². The van der Waals surface area contributed by atoms with Crippen LogP contribution in [0.5, 0.6) is 0 Å². The molecule has 0 unspecified atom stereocenters. The Bertz CT molecular complexity index is 114. The van der Waals surface area contributed by atoms with E-state index < -0.39 is 0 Å². The number of carbonyl (C=O) groups excluding carboxylic acids is 1. The van der Waals surface area contributed by atoms with Crippen LogP contribution in [-0.4, -0.2) is 25.5 Å². The Morgan fingerprint density at radius 2 is 2.56 bits per heavy atom. The molecule has 1 aliphatic rings. The van der Waals surface area contributed by atoms with Gasteiger partial charge in [-0.25, -0.2) is 0 Å². The van der Waals surface area contributed by atoms with Gasteiger partial charge in [-0.2, -0.15) is 0 Å². The molecule has 0 aromatic rings. The van der Waals surface area contributed by atoms with Crippen molar-refractivity contribution < 1.29 is 4.79 Å². The van der Waals surface area contributed by atoms with Gasteiger partial charge < -0.3 is 10.6 Å². The van der Waals surface area contributed by atoms with Crippen LogP contribution in [0.3, 0.4) is 0 Å². The molecule has 1 rings (SSSR count). The SMILES string of the molecule is CN[C@H]1CCCNC1=O. The lowest BCUT2D eigenvalue weighted by Gasteiger charge is -2.20. The molecule has 1 fully saturated rings. The van der Waals surface area contributed by atoms with E-state index in [1.54, 1.807) is 0 Å². The van der Waals surface area contributed by atoms with E-state index in [1.165, 1.54) is 0 Å². The van der Waals surface area contributed by atoms with Gasteiger partial charge in [-0.1, -0.05) is 0 Å². The van der Waals surface area contributed by atoms with Crippen LogP contribution >= 0.6 is 0 Å². The zero-order valence-electron chi connectivity index (χ0n) is 5.61. The molecule has 0 aromatic carbocycles. The standard InChI is InChI=1S/C6H12N2O/c1-7-5-3-2-4-8-6(5)9/h5,7H,2-4H2,1H3,(H,8,9)/t5-/m0/s1. The molecule has 3 nitrogen and oxygen atoms in total. The Morgan fingerprint density at radius 3 is 3.00 bits per heavy atom. The van der Waals surface area contributed by atoms with E-state index in [0.29, 0.717) is 0 Å². The van der Waals surface area contributed by atoms with Crippen molar-refractivity contribution in [2.75, 3.05) is 13.6 Å². The smallest absolute Gasteiger partial charge is 0.237 e. The minimum atomic E-state index is 0.0544. The van der Waals surface area contributed by atoms with E-state index in [1.807, 2.05) is 7.05 Å². The first-order valence-corrected chi connectivity index (χ1v) is 3.29. The second-order valence-corrected chi connectivity index (χ2v) is 2.27. The Morgan fingerprint density at radius 1 is 1.78 bits per heavy atom. The molecule has 0 radical (unpaired) electrons. The molecule has 1 aliphatic heterocycles. The summed E-state index contributed by atoms with van der Waals surface area (Å²) in [6.07, 6.45) is 2.07. The summed E-state index contributed by atoms with van der Waals surface area (Å²) in [5, 5.41) is 5.72. The summed E-state index contributed by atoms with van der Waals surface area (Å²) < 4.78 is 0. The molecule has 1 amide bonds. The average molecular weight is 128 g/mol. The molecule has 3 heteroatoms. The number of likely N-dealkylation sites (N-methyl/N-ethyl adjacent to an activating group) is 1. The molecule has 52 valence electrons. The Hall–Kier alpha value is -0.570. The molecule has 1 saturated heterocycles. The zero-order valence-corrected chi connectivity index (χ0v) is 5.61. The van der Waals surface area contributed by atoms with Crippen molar-refractivity contribution >= 4 is 5.91 Å². The molecule has 0 bridgehead atoms. The van der Waals surface area contributed by atoms with Crippen LogP contribution in [0.15, 0.2) is 0 Å². The van der Waals surface area contributed by atoms with Gasteiger partial charge in [-0.15, -0.1) is 0 Å². The fraction of sp³-hybridized carbons (Fsp3) is 0.833. The second kappa shape index (κ2) is 2.82. The molecule has 0 spiro atoms. The van der Waals surface area contributed by atoms with E-state index in [0.717, 1.165) is 19.4 Å². The van der Waals surface area contributed by atoms with Gasteiger partial charge in [0.15, 0.2) is 0 Å². The number of rotatable bonds is 1. The molecule has 1 atom stereocenters. The molecule has 9 heavy (non-hydrogen) atoms. The number of amides is 1. The Labute approximate surface area is 54.8 Å². The number of nitrogens with one attached hydrogen (secondary N) is 2. The summed E-state index contributed by atoms with van der Waals surface area (Å²) in [5.41, 5.74) is 0. The van der Waals surface area contributed by atoms with Crippen LogP contribution in [0.2, 0.25) is 0 Å². The third-order valence-corrected chi connectivity index (χ3v) is 1.63. The van der Waals surface area contributed by atoms with Crippen molar-refractivity contribution in [2.45, 2.75) is 18.9 Å². The van der Waals surface area contributed by atoms with Crippen LogP contribution in [0.4, 0.5) is 0 Å². The fourth-order valence-electron chi connectivity index (χ4n) is 1.05. The minimum absolute atomic E-state index is 0.0544. The third-order valence-electron chi connectivity index (χ3n) is 1.63. The van der Waals surface area contributed by atoms with Crippen molar-refractivity contribution in [1.82, 2.24) is 10.6 Å². The van der Waals surface area contributed by atoms with E-state index >= 15 is 0 Å². The van der Waals surface area contributed by atoms with Crippen molar-refractivity contribution in [2.24, 2.45) is 0 Å². The lowest BCUT2D eigenvalue weighted by Crippen LogP contribution is -2.46. The summed E-state index contributed by atoms with van der Waals surface area (Å²) in [7, 11) is 1.82. The molecular formula is C6H12N2O. The molecule has 2 N–H and O–H groups in total. The zero-order chi connectivity index (χ0) is 6.69. The quantitative estimate of drug-likeness (QED) is 0.499. The lowest BCUT2D eigenvalue weighted by molar-refractivity contribution is -0.124. The van der Waals surface area contributed by atoms with Crippen LogP contribution in [-0.2, 0) is 4.79 Å². The fourth-order valence-corrected chi connectivity index (χ4v) is 1.05. The van der Waals surface area contributed by atoms with E-state index in [4.69, 9.17) is 0 Å². The number of hydrogen-bond acceptors (Lipinski definition) is 2.